The Bertz CT molecular complexity index is 686. The van der Waals surface area contributed by atoms with E-state index in [-0.39, 0.29) is 0 Å². The maximum absolute atomic E-state index is 2.16. The van der Waals surface area contributed by atoms with E-state index in [1.54, 1.807) is 0 Å². The number of rotatable bonds is 1. The van der Waals surface area contributed by atoms with E-state index in [9.17, 15) is 0 Å². The number of hydrogen-bond donors (Lipinski definition) is 0. The van der Waals surface area contributed by atoms with Crippen LogP contribution in [0.2, 0.25) is 0 Å². The molecule has 32 heavy (non-hydrogen) atoms. The molecular formula is C32H34. The zero-order valence-electron chi connectivity index (χ0n) is 19.0. The van der Waals surface area contributed by atoms with Crippen molar-refractivity contribution in [1.82, 2.24) is 0 Å². The first-order valence-corrected chi connectivity index (χ1v) is 11.0. The predicted octanol–water partition coefficient (Wildman–Crippen LogP) is 9.00. The summed E-state index contributed by atoms with van der Waals surface area (Å²) in [5.74, 6) is 0. The highest BCUT2D eigenvalue weighted by Crippen LogP contribution is 1.96. The molecule has 0 aliphatic heterocycles. The lowest BCUT2D eigenvalue weighted by Crippen LogP contribution is -1.73. The van der Waals surface area contributed by atoms with Crippen molar-refractivity contribution in [3.63, 3.8) is 0 Å². The molecule has 0 saturated carbocycles. The molecule has 5 aromatic carbocycles. The predicted molar refractivity (Wildman–Crippen MR) is 142 cm³/mol. The molecule has 0 aliphatic rings. The molecule has 0 nitrogen and oxygen atoms in total. The Morgan fingerprint density at radius 3 is 0.562 bits per heavy atom. The van der Waals surface area contributed by atoms with Crippen molar-refractivity contribution in [1.29, 1.82) is 0 Å². The normalized spacial score (nSPS) is 8.28. The molecule has 0 heteroatoms. The molecule has 0 N–H and O–H groups in total. The highest BCUT2D eigenvalue weighted by molar-refractivity contribution is 5.13. The van der Waals surface area contributed by atoms with E-state index in [1.807, 2.05) is 152 Å². The second-order valence-electron chi connectivity index (χ2n) is 6.46. The number of aryl methyl sites for hydroxylation is 1. The number of benzene rings is 5. The van der Waals surface area contributed by atoms with Crippen molar-refractivity contribution >= 4 is 0 Å². The van der Waals surface area contributed by atoms with Gasteiger partial charge in [0.1, 0.15) is 0 Å². The Morgan fingerprint density at radius 2 is 0.438 bits per heavy atom. The third-order valence-corrected chi connectivity index (χ3v) is 3.92. The molecule has 162 valence electrons. The lowest BCUT2D eigenvalue weighted by atomic mass is 10.2. The van der Waals surface area contributed by atoms with Crippen molar-refractivity contribution in [2.24, 2.45) is 0 Å². The van der Waals surface area contributed by atoms with Crippen LogP contribution in [0.5, 0.6) is 0 Å². The Balaban J connectivity index is 0.000000201. The second-order valence-corrected chi connectivity index (χ2v) is 6.46. The zero-order chi connectivity index (χ0) is 22.8. The molecule has 5 rings (SSSR count). The standard InChI is InChI=1S/C8H10.4C6H6/c1-2-8-6-4-3-5-7-8;4*1-2-4-6-5-3-1/h3-7H,2H2,1H3;4*1-6H. The Kier molecular flexibility index (Phi) is 17.8. The van der Waals surface area contributed by atoms with Crippen LogP contribution in [0.4, 0.5) is 0 Å². The van der Waals surface area contributed by atoms with E-state index in [4.69, 9.17) is 0 Å². The largest absolute Gasteiger partial charge is 0.0623 e. The third-order valence-electron chi connectivity index (χ3n) is 3.92. The zero-order valence-corrected chi connectivity index (χ0v) is 19.0. The molecule has 0 spiro atoms. The number of hydrogen-bond acceptors (Lipinski definition) is 0. The lowest BCUT2D eigenvalue weighted by molar-refractivity contribution is 1.14. The SMILES string of the molecule is CCc1ccccc1.c1ccccc1.c1ccccc1.c1ccccc1.c1ccccc1. The average Bonchev–Trinajstić information content (AvgIpc) is 2.94. The van der Waals surface area contributed by atoms with E-state index in [0.717, 1.165) is 6.42 Å². The Hall–Kier alpha value is -3.90. The van der Waals surface area contributed by atoms with Crippen molar-refractivity contribution in [2.75, 3.05) is 0 Å². The summed E-state index contributed by atoms with van der Waals surface area (Å²) in [6.45, 7) is 2.16. The first kappa shape index (κ1) is 26.1. The lowest BCUT2D eigenvalue weighted by Gasteiger charge is -1.89. The highest BCUT2D eigenvalue weighted by Gasteiger charge is 1.80. The van der Waals surface area contributed by atoms with Gasteiger partial charge in [-0.1, -0.05) is 183 Å². The quantitative estimate of drug-likeness (QED) is 0.255. The molecule has 0 atom stereocenters. The smallest absolute Gasteiger partial charge is 0.0307 e. The van der Waals surface area contributed by atoms with Gasteiger partial charge >= 0.3 is 0 Å². The van der Waals surface area contributed by atoms with Gasteiger partial charge in [-0.2, -0.15) is 0 Å². The van der Waals surface area contributed by atoms with Gasteiger partial charge in [-0.05, 0) is 12.0 Å². The van der Waals surface area contributed by atoms with Crippen LogP contribution in [0.25, 0.3) is 0 Å². The van der Waals surface area contributed by atoms with E-state index in [2.05, 4.69) is 31.2 Å². The van der Waals surface area contributed by atoms with Gasteiger partial charge < -0.3 is 0 Å². The Morgan fingerprint density at radius 1 is 0.281 bits per heavy atom. The minimum Gasteiger partial charge on any atom is -0.0623 e. The summed E-state index contributed by atoms with van der Waals surface area (Å²) in [4.78, 5) is 0. The van der Waals surface area contributed by atoms with Crippen LogP contribution in [-0.2, 0) is 6.42 Å². The van der Waals surface area contributed by atoms with Crippen LogP contribution in [0, 0.1) is 0 Å². The van der Waals surface area contributed by atoms with Gasteiger partial charge in [-0.25, -0.2) is 0 Å². The molecule has 0 unspecified atom stereocenters. The monoisotopic (exact) mass is 418 g/mol. The fraction of sp³-hybridized carbons (Fsp3) is 0.0625. The van der Waals surface area contributed by atoms with Gasteiger partial charge in [0.05, 0.1) is 0 Å². The van der Waals surface area contributed by atoms with Crippen molar-refractivity contribution in [3.05, 3.63) is 181 Å². The van der Waals surface area contributed by atoms with Gasteiger partial charge in [0.2, 0.25) is 0 Å². The van der Waals surface area contributed by atoms with Crippen LogP contribution >= 0.6 is 0 Å². The van der Waals surface area contributed by atoms with Gasteiger partial charge in [0, 0.05) is 0 Å². The molecular weight excluding hydrogens is 384 g/mol. The highest BCUT2D eigenvalue weighted by atomic mass is 13.9. The minimum atomic E-state index is 1.14. The van der Waals surface area contributed by atoms with Gasteiger partial charge in [-0.3, -0.25) is 0 Å². The van der Waals surface area contributed by atoms with Crippen LogP contribution in [0.3, 0.4) is 0 Å². The van der Waals surface area contributed by atoms with E-state index in [1.165, 1.54) is 5.56 Å². The molecule has 5 aromatic rings. The van der Waals surface area contributed by atoms with Gasteiger partial charge in [0.25, 0.3) is 0 Å². The molecule has 0 amide bonds. The Labute approximate surface area is 194 Å². The molecule has 0 aromatic heterocycles. The molecule has 0 heterocycles. The summed E-state index contributed by atoms with van der Waals surface area (Å²) < 4.78 is 0. The van der Waals surface area contributed by atoms with Crippen LogP contribution in [-0.4, -0.2) is 0 Å². The van der Waals surface area contributed by atoms with Crippen LogP contribution in [0.15, 0.2) is 176 Å². The van der Waals surface area contributed by atoms with Crippen LogP contribution < -0.4 is 0 Å². The summed E-state index contributed by atoms with van der Waals surface area (Å²) in [5.41, 5.74) is 1.41. The van der Waals surface area contributed by atoms with E-state index >= 15 is 0 Å². The van der Waals surface area contributed by atoms with Crippen LogP contribution in [0.1, 0.15) is 12.5 Å². The van der Waals surface area contributed by atoms with Gasteiger partial charge in [-0.15, -0.1) is 0 Å². The molecule has 0 radical (unpaired) electrons. The van der Waals surface area contributed by atoms with Crippen molar-refractivity contribution in [2.45, 2.75) is 13.3 Å². The van der Waals surface area contributed by atoms with Gasteiger partial charge in [0.15, 0.2) is 0 Å². The minimum absolute atomic E-state index is 1.14. The molecule has 0 saturated heterocycles. The average molecular weight is 419 g/mol. The van der Waals surface area contributed by atoms with Crippen molar-refractivity contribution in [3.8, 4) is 0 Å². The maximum Gasteiger partial charge on any atom is -0.0307 e. The summed E-state index contributed by atoms with van der Waals surface area (Å²) in [7, 11) is 0. The van der Waals surface area contributed by atoms with Crippen molar-refractivity contribution < 1.29 is 0 Å². The summed E-state index contributed by atoms with van der Waals surface area (Å²) >= 11 is 0. The first-order chi connectivity index (χ1) is 15.9. The first-order valence-electron chi connectivity index (χ1n) is 11.0. The summed E-state index contributed by atoms with van der Waals surface area (Å²) in [6.07, 6.45) is 1.14. The third kappa shape index (κ3) is 18.1. The molecule has 0 aliphatic carbocycles. The summed E-state index contributed by atoms with van der Waals surface area (Å²) in [6, 6.07) is 58.5. The second kappa shape index (κ2) is 21.8. The fourth-order valence-corrected chi connectivity index (χ4v) is 2.25. The topological polar surface area (TPSA) is 0 Å². The fourth-order valence-electron chi connectivity index (χ4n) is 2.25. The summed E-state index contributed by atoms with van der Waals surface area (Å²) in [5, 5.41) is 0. The maximum atomic E-state index is 2.16. The molecule has 0 fully saturated rings. The molecule has 0 bridgehead atoms. The van der Waals surface area contributed by atoms with E-state index < -0.39 is 0 Å². The van der Waals surface area contributed by atoms with E-state index in [0.29, 0.717) is 0 Å².